The Morgan fingerprint density at radius 3 is 0.952 bits per heavy atom. The summed E-state index contributed by atoms with van der Waals surface area (Å²) in [6.45, 7) is 4.51. The van der Waals surface area contributed by atoms with Crippen molar-refractivity contribution in [3.63, 3.8) is 0 Å². The van der Waals surface area contributed by atoms with Crippen LogP contribution in [0.15, 0.2) is 24.3 Å². The Hall–Kier alpha value is -1.51. The number of ether oxygens (including phenoxy) is 2. The van der Waals surface area contributed by atoms with Gasteiger partial charge in [0.15, 0.2) is 6.10 Å². The van der Waals surface area contributed by atoms with Crippen LogP contribution in [-0.4, -0.2) is 74.9 Å². The third-order valence-electron chi connectivity index (χ3n) is 16.7. The molecule has 0 spiro atoms. The van der Waals surface area contributed by atoms with E-state index in [1.807, 2.05) is 21.1 Å². The zero-order chi connectivity index (χ0) is 60.5. The first-order valence-corrected chi connectivity index (χ1v) is 38.1. The molecule has 492 valence electrons. The maximum absolute atomic E-state index is 12.9. The summed E-state index contributed by atoms with van der Waals surface area (Å²) in [7, 11) is 1.50. The van der Waals surface area contributed by atoms with Crippen LogP contribution in [-0.2, 0) is 32.7 Å². The highest BCUT2D eigenvalue weighted by Crippen LogP contribution is 2.43. The first kappa shape index (κ1) is 81.5. The van der Waals surface area contributed by atoms with Crippen LogP contribution in [0.25, 0.3) is 0 Å². The van der Waals surface area contributed by atoms with Gasteiger partial charge in [-0.3, -0.25) is 18.6 Å². The topological polar surface area (TPSA) is 108 Å². The van der Waals surface area contributed by atoms with Crippen LogP contribution in [0.5, 0.6) is 0 Å². The van der Waals surface area contributed by atoms with Crippen molar-refractivity contribution in [3.05, 3.63) is 24.3 Å². The van der Waals surface area contributed by atoms with Crippen LogP contribution in [0, 0.1) is 0 Å². The van der Waals surface area contributed by atoms with E-state index >= 15 is 0 Å². The molecular formula is C73H143NO8P+. The molecule has 2 unspecified atom stereocenters. The Morgan fingerprint density at radius 2 is 0.651 bits per heavy atom. The van der Waals surface area contributed by atoms with Crippen LogP contribution < -0.4 is 0 Å². The van der Waals surface area contributed by atoms with Crippen LogP contribution in [0.2, 0.25) is 0 Å². The molecule has 0 amide bonds. The van der Waals surface area contributed by atoms with E-state index in [2.05, 4.69) is 38.2 Å². The maximum atomic E-state index is 12.9. The third-order valence-corrected chi connectivity index (χ3v) is 17.7. The average Bonchev–Trinajstić information content (AvgIpc) is 3.49. The summed E-state index contributed by atoms with van der Waals surface area (Å²) < 4.78 is 34.8. The first-order chi connectivity index (χ1) is 40.5. The molecule has 0 aliphatic rings. The van der Waals surface area contributed by atoms with Crippen molar-refractivity contribution in [2.75, 3.05) is 47.5 Å². The van der Waals surface area contributed by atoms with Crippen LogP contribution >= 0.6 is 7.82 Å². The monoisotopic (exact) mass is 1190 g/mol. The van der Waals surface area contributed by atoms with Gasteiger partial charge in [0, 0.05) is 12.8 Å². The van der Waals surface area contributed by atoms with Gasteiger partial charge in [0.1, 0.15) is 19.8 Å². The summed E-state index contributed by atoms with van der Waals surface area (Å²) in [5, 5.41) is 0. The smallest absolute Gasteiger partial charge is 0.462 e. The Labute approximate surface area is 517 Å². The summed E-state index contributed by atoms with van der Waals surface area (Å²) in [6.07, 6.45) is 81.6. The van der Waals surface area contributed by atoms with Gasteiger partial charge in [-0.1, -0.05) is 346 Å². The Bertz CT molecular complexity index is 1450. The number of phosphoric acid groups is 1. The van der Waals surface area contributed by atoms with Crippen molar-refractivity contribution >= 4 is 19.8 Å². The van der Waals surface area contributed by atoms with Gasteiger partial charge >= 0.3 is 19.8 Å². The molecule has 10 heteroatoms. The lowest BCUT2D eigenvalue weighted by molar-refractivity contribution is -0.870. The van der Waals surface area contributed by atoms with Gasteiger partial charge in [0.25, 0.3) is 0 Å². The molecule has 1 N–H and O–H groups in total. The minimum atomic E-state index is -4.39. The molecule has 0 aromatic rings. The molecule has 0 aliphatic carbocycles. The second-order valence-corrected chi connectivity index (χ2v) is 27.8. The van der Waals surface area contributed by atoms with E-state index in [0.29, 0.717) is 17.4 Å². The van der Waals surface area contributed by atoms with Crippen molar-refractivity contribution in [1.29, 1.82) is 0 Å². The molecule has 0 aromatic carbocycles. The second kappa shape index (κ2) is 64.9. The van der Waals surface area contributed by atoms with Gasteiger partial charge in [0.2, 0.25) is 0 Å². The van der Waals surface area contributed by atoms with Crippen LogP contribution in [0.4, 0.5) is 0 Å². The second-order valence-electron chi connectivity index (χ2n) is 26.3. The van der Waals surface area contributed by atoms with E-state index < -0.39 is 26.5 Å². The number of rotatable bonds is 69. The largest absolute Gasteiger partial charge is 0.472 e. The number of nitrogens with zero attached hydrogens (tertiary/aromatic N) is 1. The highest BCUT2D eigenvalue weighted by molar-refractivity contribution is 7.47. The maximum Gasteiger partial charge on any atom is 0.472 e. The van der Waals surface area contributed by atoms with Gasteiger partial charge in [-0.05, 0) is 44.9 Å². The molecule has 0 aliphatic heterocycles. The van der Waals surface area contributed by atoms with Crippen molar-refractivity contribution in [2.45, 2.75) is 386 Å². The number of quaternary nitrogens is 1. The van der Waals surface area contributed by atoms with Gasteiger partial charge in [-0.2, -0.15) is 0 Å². The molecule has 0 bridgehead atoms. The highest BCUT2D eigenvalue weighted by atomic mass is 31.2. The van der Waals surface area contributed by atoms with Gasteiger partial charge < -0.3 is 18.9 Å². The van der Waals surface area contributed by atoms with E-state index in [9.17, 15) is 19.0 Å². The molecule has 9 nitrogen and oxygen atoms in total. The summed E-state index contributed by atoms with van der Waals surface area (Å²) in [4.78, 5) is 35.9. The lowest BCUT2D eigenvalue weighted by Crippen LogP contribution is -2.37. The Balaban J connectivity index is 3.91. The van der Waals surface area contributed by atoms with E-state index in [0.717, 1.165) is 44.9 Å². The number of unbranched alkanes of at least 4 members (excludes halogenated alkanes) is 51. The molecule has 0 saturated carbocycles. The van der Waals surface area contributed by atoms with Crippen molar-refractivity contribution < 1.29 is 42.1 Å². The van der Waals surface area contributed by atoms with Crippen molar-refractivity contribution in [3.8, 4) is 0 Å². The van der Waals surface area contributed by atoms with Gasteiger partial charge in [0.05, 0.1) is 27.7 Å². The number of hydrogen-bond acceptors (Lipinski definition) is 7. The molecule has 0 fully saturated rings. The fourth-order valence-electron chi connectivity index (χ4n) is 11.1. The number of carbonyl (C=O) groups excluding carboxylic acids is 2. The van der Waals surface area contributed by atoms with Crippen LogP contribution in [0.1, 0.15) is 380 Å². The predicted octanol–water partition coefficient (Wildman–Crippen LogP) is 23.7. The lowest BCUT2D eigenvalue weighted by atomic mass is 10.0. The number of hydrogen-bond donors (Lipinski definition) is 1. The molecule has 0 rings (SSSR count). The van der Waals surface area contributed by atoms with Gasteiger partial charge in [-0.15, -0.1) is 0 Å². The molecule has 2 atom stereocenters. The summed E-state index contributed by atoms with van der Waals surface area (Å²) in [5.74, 6) is -0.771. The predicted molar refractivity (Wildman–Crippen MR) is 358 cm³/mol. The highest BCUT2D eigenvalue weighted by Gasteiger charge is 2.27. The third kappa shape index (κ3) is 69.5. The molecule has 0 heterocycles. The zero-order valence-electron chi connectivity index (χ0n) is 56.2. The molecule has 83 heavy (non-hydrogen) atoms. The van der Waals surface area contributed by atoms with Crippen molar-refractivity contribution in [1.82, 2.24) is 0 Å². The first-order valence-electron chi connectivity index (χ1n) is 36.6. The normalized spacial score (nSPS) is 13.2. The van der Waals surface area contributed by atoms with Gasteiger partial charge in [-0.25, -0.2) is 4.57 Å². The molecule has 0 aromatic heterocycles. The minimum absolute atomic E-state index is 0.0363. The van der Waals surface area contributed by atoms with Crippen molar-refractivity contribution in [2.24, 2.45) is 0 Å². The van der Waals surface area contributed by atoms with E-state index in [4.69, 9.17) is 18.5 Å². The number of esters is 2. The number of likely N-dealkylation sites (N-methyl/N-ethyl adjacent to an activating group) is 1. The van der Waals surface area contributed by atoms with E-state index in [1.54, 1.807) is 0 Å². The Morgan fingerprint density at radius 1 is 0.373 bits per heavy atom. The fraction of sp³-hybridized carbons (Fsp3) is 0.918. The molecular weight excluding hydrogens is 1050 g/mol. The standard InChI is InChI=1S/C73H142NO8P/c1-6-8-10-12-14-16-18-20-22-24-26-28-30-31-32-33-34-35-36-37-38-39-40-41-42-43-44-46-48-50-52-54-56-58-60-62-64-66-73(76)82-71(70-81-83(77,78)80-68-67-74(3,4)5)69-79-72(75)65-63-61-59-57-55-53-51-49-47-45-29-27-25-23-21-19-17-15-13-11-9-7-2/h18,20,24,26,71H,6-17,19,21-23,25,27-70H2,1-5H3/p+1/b20-18-,26-24-. The van der Waals surface area contributed by atoms with E-state index in [-0.39, 0.29) is 25.6 Å². The SMILES string of the molecule is CCCCCCC/C=C\C/C=C\CCCCCCCCCCCCCCCCCCCCCCCCCCCC(=O)OC(COC(=O)CCCCCCCCCCCCCCCCCCCCCCCC)COP(=O)(O)OCC[N+](C)(C)C. The Kier molecular flexibility index (Phi) is 63.8. The zero-order valence-corrected chi connectivity index (χ0v) is 57.1. The lowest BCUT2D eigenvalue weighted by Gasteiger charge is -2.24. The number of phosphoric ester groups is 1. The minimum Gasteiger partial charge on any atom is -0.462 e. The average molecular weight is 1190 g/mol. The van der Waals surface area contributed by atoms with E-state index in [1.165, 1.54) is 308 Å². The fourth-order valence-corrected chi connectivity index (χ4v) is 11.9. The molecule has 0 saturated heterocycles. The summed E-state index contributed by atoms with van der Waals surface area (Å²) in [5.41, 5.74) is 0. The summed E-state index contributed by atoms with van der Waals surface area (Å²) >= 11 is 0. The molecule has 0 radical (unpaired) electrons. The summed E-state index contributed by atoms with van der Waals surface area (Å²) in [6, 6.07) is 0. The number of allylic oxidation sites excluding steroid dienone is 4. The quantitative estimate of drug-likeness (QED) is 0.0211. The van der Waals surface area contributed by atoms with Crippen LogP contribution in [0.3, 0.4) is 0 Å². The number of carbonyl (C=O) groups is 2.